The average molecular weight is 396 g/mol. The Hall–Kier alpha value is 0.442. The molecule has 0 bridgehead atoms. The molecule has 0 aromatic carbocycles. The van der Waals surface area contributed by atoms with Crippen LogP contribution in [0.15, 0.2) is 0 Å². The Morgan fingerprint density at radius 3 is 2.42 bits per heavy atom. The second-order valence-electron chi connectivity index (χ2n) is 2.92. The normalized spacial score (nSPS) is 36.1. The van der Waals surface area contributed by atoms with Crippen LogP contribution >= 0.6 is 0 Å². The van der Waals surface area contributed by atoms with Gasteiger partial charge in [-0.25, -0.2) is 0 Å². The van der Waals surface area contributed by atoms with E-state index in [0.29, 0.717) is 0 Å². The van der Waals surface area contributed by atoms with Crippen molar-refractivity contribution < 1.29 is 45.8 Å². The van der Waals surface area contributed by atoms with Gasteiger partial charge in [0.15, 0.2) is 0 Å². The Labute approximate surface area is 95.6 Å². The van der Waals surface area contributed by atoms with Crippen LogP contribution < -0.4 is 0 Å². The number of aliphatic carboxylic acids is 1. The summed E-state index contributed by atoms with van der Waals surface area (Å²) in [5, 5.41) is 8.81. The van der Waals surface area contributed by atoms with Gasteiger partial charge in [-0.1, -0.05) is 6.92 Å². The van der Waals surface area contributed by atoms with Crippen LogP contribution in [0.3, 0.4) is 0 Å². The van der Waals surface area contributed by atoms with Crippen molar-refractivity contribution in [3.8, 4) is 0 Å². The van der Waals surface area contributed by atoms with E-state index in [0.717, 1.165) is 0 Å². The van der Waals surface area contributed by atoms with Gasteiger partial charge in [0.25, 0.3) is 5.97 Å². The van der Waals surface area contributed by atoms with Crippen LogP contribution in [0.1, 0.15) is 13.8 Å². The molecule has 1 heterocycles. The van der Waals surface area contributed by atoms with E-state index in [9.17, 15) is 4.79 Å². The molecule has 12 heavy (non-hydrogen) atoms. The minimum absolute atomic E-state index is 0. The number of likely N-dealkylation sites (N-methyl/N-ethyl adjacent to an activating group) is 1. The van der Waals surface area contributed by atoms with Gasteiger partial charge in [-0.05, 0) is 14.0 Å². The standard InChI is InChI=1S/C7H12NO3.U/c1-5-8(3)7(2,4-11-5)6(9)10;/h4-5H,1-3H3,(H,9,10);/q-1;. The molecule has 0 aromatic rings. The van der Waals surface area contributed by atoms with Crippen molar-refractivity contribution in [2.75, 3.05) is 7.05 Å². The Balaban J connectivity index is 0.00000121. The number of hydrogen-bond donors (Lipinski definition) is 1. The third-order valence-corrected chi connectivity index (χ3v) is 2.21. The minimum Gasteiger partial charge on any atom is -0.537 e. The maximum absolute atomic E-state index is 10.7. The SMILES string of the molecule is CC1O[CH-]C(C)(C(=O)O)N1C.[U]. The summed E-state index contributed by atoms with van der Waals surface area (Å²) in [5.41, 5.74) is -0.973. The summed E-state index contributed by atoms with van der Waals surface area (Å²) in [6.45, 7) is 4.78. The Bertz CT molecular complexity index is 187. The van der Waals surface area contributed by atoms with Crippen molar-refractivity contribution in [3.63, 3.8) is 0 Å². The van der Waals surface area contributed by atoms with Gasteiger partial charge in [0.1, 0.15) is 0 Å². The molecule has 0 aliphatic carbocycles. The average Bonchev–Trinajstić information content (AvgIpc) is 2.18. The first kappa shape index (κ1) is 12.4. The summed E-state index contributed by atoms with van der Waals surface area (Å²) in [6.07, 6.45) is -0.156. The molecule has 0 radical (unpaired) electrons. The molecule has 0 saturated carbocycles. The molecular weight excluding hydrogens is 384 g/mol. The number of carboxylic acid groups (broad SMARTS) is 1. The first-order chi connectivity index (χ1) is 4.98. The molecule has 1 aliphatic rings. The predicted octanol–water partition coefficient (Wildman–Crippen LogP) is 0.299. The maximum Gasteiger partial charge on any atom is 0.294 e. The molecule has 0 spiro atoms. The monoisotopic (exact) mass is 396 g/mol. The maximum atomic E-state index is 10.7. The molecule has 1 aliphatic heterocycles. The fourth-order valence-electron chi connectivity index (χ4n) is 0.984. The van der Waals surface area contributed by atoms with Crippen molar-refractivity contribution >= 4 is 5.97 Å². The predicted molar refractivity (Wildman–Crippen MR) is 38.7 cm³/mol. The van der Waals surface area contributed by atoms with E-state index in [1.54, 1.807) is 18.9 Å². The van der Waals surface area contributed by atoms with E-state index in [4.69, 9.17) is 9.84 Å². The van der Waals surface area contributed by atoms with Crippen LogP contribution in [0.5, 0.6) is 0 Å². The van der Waals surface area contributed by atoms with Crippen LogP contribution in [-0.2, 0) is 9.53 Å². The summed E-state index contributed by atoms with van der Waals surface area (Å²) in [6, 6.07) is 0. The first-order valence-corrected chi connectivity index (χ1v) is 3.44. The van der Waals surface area contributed by atoms with E-state index in [1.165, 1.54) is 6.61 Å². The second kappa shape index (κ2) is 4.10. The van der Waals surface area contributed by atoms with Gasteiger partial charge in [-0.15, -0.1) is 0 Å². The number of hydrogen-bond acceptors (Lipinski definition) is 3. The summed E-state index contributed by atoms with van der Waals surface area (Å²) >= 11 is 0. The zero-order valence-electron chi connectivity index (χ0n) is 7.37. The Morgan fingerprint density at radius 1 is 1.75 bits per heavy atom. The summed E-state index contributed by atoms with van der Waals surface area (Å²) < 4.78 is 5.06. The summed E-state index contributed by atoms with van der Waals surface area (Å²) in [7, 11) is 1.72. The van der Waals surface area contributed by atoms with Gasteiger partial charge in [-0.2, -0.15) is 6.61 Å². The second-order valence-corrected chi connectivity index (χ2v) is 2.92. The van der Waals surface area contributed by atoms with Crippen molar-refractivity contribution in [2.45, 2.75) is 25.6 Å². The minimum atomic E-state index is -0.973. The van der Waals surface area contributed by atoms with Gasteiger partial charge in [0.2, 0.25) is 0 Å². The van der Waals surface area contributed by atoms with Crippen molar-refractivity contribution in [1.29, 1.82) is 0 Å². The summed E-state index contributed by atoms with van der Waals surface area (Å²) in [4.78, 5) is 12.4. The van der Waals surface area contributed by atoms with Crippen LogP contribution in [0.4, 0.5) is 0 Å². The van der Waals surface area contributed by atoms with Gasteiger partial charge >= 0.3 is 0 Å². The molecule has 68 valence electrons. The van der Waals surface area contributed by atoms with Gasteiger partial charge in [-0.3, -0.25) is 9.69 Å². The topological polar surface area (TPSA) is 49.8 Å². The zero-order valence-corrected chi connectivity index (χ0v) is 11.5. The smallest absolute Gasteiger partial charge is 0.294 e. The van der Waals surface area contributed by atoms with Crippen molar-refractivity contribution in [1.82, 2.24) is 4.90 Å². The fourth-order valence-corrected chi connectivity index (χ4v) is 0.984. The largest absolute Gasteiger partial charge is 0.537 e. The third kappa shape index (κ3) is 1.85. The molecule has 1 N–H and O–H groups in total. The van der Waals surface area contributed by atoms with Crippen LogP contribution in [-0.4, -0.2) is 34.8 Å². The quantitative estimate of drug-likeness (QED) is 0.648. The van der Waals surface area contributed by atoms with E-state index < -0.39 is 11.5 Å². The number of ether oxygens (including phenoxy) is 1. The zero-order chi connectivity index (χ0) is 8.65. The fraction of sp³-hybridized carbons (Fsp3) is 0.714. The van der Waals surface area contributed by atoms with Crippen molar-refractivity contribution in [2.24, 2.45) is 0 Å². The molecule has 2 atom stereocenters. The number of nitrogens with zero attached hydrogens (tertiary/aromatic N) is 1. The number of carbonyl (C=O) groups is 1. The number of rotatable bonds is 1. The Morgan fingerprint density at radius 2 is 2.25 bits per heavy atom. The molecule has 1 fully saturated rings. The first-order valence-electron chi connectivity index (χ1n) is 3.44. The molecule has 1 saturated heterocycles. The third-order valence-electron chi connectivity index (χ3n) is 2.21. The van der Waals surface area contributed by atoms with Crippen molar-refractivity contribution in [3.05, 3.63) is 6.61 Å². The Kier molecular flexibility index (Phi) is 4.25. The van der Waals surface area contributed by atoms with Gasteiger partial charge in [0.05, 0.1) is 6.23 Å². The van der Waals surface area contributed by atoms with E-state index in [2.05, 4.69) is 0 Å². The number of carboxylic acids is 1. The molecule has 5 heteroatoms. The molecular formula is C7H12NO3U-. The van der Waals surface area contributed by atoms with Crippen LogP contribution in [0.25, 0.3) is 0 Å². The summed E-state index contributed by atoms with van der Waals surface area (Å²) in [5.74, 6) is -0.885. The molecule has 2 unspecified atom stereocenters. The van der Waals surface area contributed by atoms with Crippen LogP contribution in [0.2, 0.25) is 0 Å². The van der Waals surface area contributed by atoms with E-state index in [1.807, 2.05) is 6.92 Å². The van der Waals surface area contributed by atoms with Crippen LogP contribution in [0, 0.1) is 37.7 Å². The molecule has 4 nitrogen and oxygen atoms in total. The molecule has 0 aromatic heterocycles. The van der Waals surface area contributed by atoms with E-state index >= 15 is 0 Å². The molecule has 1 rings (SSSR count). The van der Waals surface area contributed by atoms with Gasteiger partial charge in [0, 0.05) is 36.7 Å². The molecule has 0 amide bonds. The van der Waals surface area contributed by atoms with E-state index in [-0.39, 0.29) is 37.3 Å². The van der Waals surface area contributed by atoms with Gasteiger partial charge < -0.3 is 9.84 Å².